The highest BCUT2D eigenvalue weighted by molar-refractivity contribution is 5.25. The number of aryl methyl sites for hydroxylation is 1. The molecule has 13 heavy (non-hydrogen) atoms. The Balaban J connectivity index is 2.26. The van der Waals surface area contributed by atoms with Crippen molar-refractivity contribution < 1.29 is 0 Å². The monoisotopic (exact) mass is 179 g/mol. The van der Waals surface area contributed by atoms with E-state index in [9.17, 15) is 0 Å². The van der Waals surface area contributed by atoms with Crippen LogP contribution in [0, 0.1) is 11.3 Å². The van der Waals surface area contributed by atoms with Gasteiger partial charge in [-0.2, -0.15) is 5.10 Å². The fourth-order valence-corrected chi connectivity index (χ4v) is 2.46. The topological polar surface area (TPSA) is 43.8 Å². The Kier molecular flexibility index (Phi) is 1.74. The minimum Gasteiger partial charge on any atom is -0.330 e. The molecule has 3 heteroatoms. The molecular formula is C10H17N3. The van der Waals surface area contributed by atoms with E-state index in [2.05, 4.69) is 25.0 Å². The lowest BCUT2D eigenvalue weighted by molar-refractivity contribution is 0.553. The summed E-state index contributed by atoms with van der Waals surface area (Å²) in [7, 11) is 2.00. The molecule has 0 spiro atoms. The smallest absolute Gasteiger partial charge is 0.0492 e. The number of hydrogen-bond donors (Lipinski definition) is 1. The van der Waals surface area contributed by atoms with Gasteiger partial charge in [-0.25, -0.2) is 0 Å². The molecule has 1 aromatic heterocycles. The Morgan fingerprint density at radius 1 is 1.62 bits per heavy atom. The first-order chi connectivity index (χ1) is 6.09. The Labute approximate surface area is 78.9 Å². The normalized spacial score (nSPS) is 30.5. The first-order valence-electron chi connectivity index (χ1n) is 4.77. The number of rotatable bonds is 2. The van der Waals surface area contributed by atoms with Crippen LogP contribution in [0.15, 0.2) is 12.3 Å². The number of nitrogens with two attached hydrogens (primary N) is 1. The number of nitrogens with zero attached hydrogens (tertiary/aromatic N) is 2. The molecule has 2 unspecified atom stereocenters. The van der Waals surface area contributed by atoms with Gasteiger partial charge < -0.3 is 5.73 Å². The van der Waals surface area contributed by atoms with Crippen LogP contribution < -0.4 is 5.73 Å². The standard InChI is InChI=1S/C10H17N3/c1-10(2)7(6-11)9(10)8-4-5-12-13(8)3/h4-5,7,9H,6,11H2,1-3H3. The molecule has 0 aliphatic heterocycles. The molecule has 1 aromatic rings. The van der Waals surface area contributed by atoms with Gasteiger partial charge in [-0.05, 0) is 23.9 Å². The van der Waals surface area contributed by atoms with Crippen molar-refractivity contribution in [3.63, 3.8) is 0 Å². The Morgan fingerprint density at radius 2 is 2.31 bits per heavy atom. The summed E-state index contributed by atoms with van der Waals surface area (Å²) in [5.74, 6) is 1.23. The average Bonchev–Trinajstić information content (AvgIpc) is 2.41. The van der Waals surface area contributed by atoms with Crippen LogP contribution in [0.4, 0.5) is 0 Å². The summed E-state index contributed by atoms with van der Waals surface area (Å²) in [5.41, 5.74) is 7.41. The molecule has 72 valence electrons. The second-order valence-corrected chi connectivity index (χ2v) is 4.52. The third-order valence-corrected chi connectivity index (χ3v) is 3.48. The molecule has 0 radical (unpaired) electrons. The summed E-state index contributed by atoms with van der Waals surface area (Å²) in [5, 5.41) is 4.19. The van der Waals surface area contributed by atoms with Crippen LogP contribution in [0.5, 0.6) is 0 Å². The molecule has 0 amide bonds. The second-order valence-electron chi connectivity index (χ2n) is 4.52. The van der Waals surface area contributed by atoms with Crippen LogP contribution in [-0.2, 0) is 7.05 Å². The van der Waals surface area contributed by atoms with Gasteiger partial charge in [-0.15, -0.1) is 0 Å². The molecule has 1 aliphatic rings. The van der Waals surface area contributed by atoms with Crippen LogP contribution in [0.2, 0.25) is 0 Å². The van der Waals surface area contributed by atoms with Crippen molar-refractivity contribution in [2.75, 3.05) is 6.54 Å². The predicted molar refractivity (Wildman–Crippen MR) is 52.3 cm³/mol. The van der Waals surface area contributed by atoms with E-state index in [0.29, 0.717) is 17.3 Å². The number of aromatic nitrogens is 2. The van der Waals surface area contributed by atoms with E-state index >= 15 is 0 Å². The van der Waals surface area contributed by atoms with Crippen molar-refractivity contribution in [1.29, 1.82) is 0 Å². The van der Waals surface area contributed by atoms with E-state index in [1.165, 1.54) is 5.69 Å². The maximum Gasteiger partial charge on any atom is 0.0492 e. The predicted octanol–water partition coefficient (Wildman–Crippen LogP) is 1.12. The summed E-state index contributed by atoms with van der Waals surface area (Å²) in [6.07, 6.45) is 1.86. The van der Waals surface area contributed by atoms with Crippen LogP contribution in [-0.4, -0.2) is 16.3 Å². The molecule has 0 bridgehead atoms. The molecule has 1 saturated carbocycles. The van der Waals surface area contributed by atoms with Crippen molar-refractivity contribution >= 4 is 0 Å². The highest BCUT2D eigenvalue weighted by Gasteiger charge is 2.58. The van der Waals surface area contributed by atoms with E-state index in [1.807, 2.05) is 17.9 Å². The molecule has 1 fully saturated rings. The van der Waals surface area contributed by atoms with Gasteiger partial charge in [0.2, 0.25) is 0 Å². The van der Waals surface area contributed by atoms with E-state index in [4.69, 9.17) is 5.73 Å². The maximum absolute atomic E-state index is 5.73. The van der Waals surface area contributed by atoms with Gasteiger partial charge in [0.15, 0.2) is 0 Å². The highest BCUT2D eigenvalue weighted by Crippen LogP contribution is 2.63. The van der Waals surface area contributed by atoms with Crippen molar-refractivity contribution in [1.82, 2.24) is 9.78 Å². The van der Waals surface area contributed by atoms with Crippen LogP contribution in [0.1, 0.15) is 25.5 Å². The molecule has 2 N–H and O–H groups in total. The van der Waals surface area contributed by atoms with Crippen molar-refractivity contribution in [2.24, 2.45) is 24.1 Å². The third-order valence-electron chi connectivity index (χ3n) is 3.48. The van der Waals surface area contributed by atoms with E-state index in [-0.39, 0.29) is 0 Å². The first-order valence-corrected chi connectivity index (χ1v) is 4.77. The lowest BCUT2D eigenvalue weighted by Gasteiger charge is -2.02. The fraction of sp³-hybridized carbons (Fsp3) is 0.700. The molecule has 3 nitrogen and oxygen atoms in total. The lowest BCUT2D eigenvalue weighted by atomic mass is 10.1. The molecule has 0 saturated heterocycles. The zero-order valence-corrected chi connectivity index (χ0v) is 8.49. The maximum atomic E-state index is 5.73. The van der Waals surface area contributed by atoms with Gasteiger partial charge >= 0.3 is 0 Å². The minimum atomic E-state index is 0.364. The van der Waals surface area contributed by atoms with E-state index < -0.39 is 0 Å². The molecule has 2 rings (SSSR count). The van der Waals surface area contributed by atoms with Gasteiger partial charge in [0, 0.05) is 24.9 Å². The van der Waals surface area contributed by atoms with Crippen LogP contribution in [0.25, 0.3) is 0 Å². The first kappa shape index (κ1) is 8.75. The Bertz CT molecular complexity index is 314. The van der Waals surface area contributed by atoms with Gasteiger partial charge in [0.05, 0.1) is 0 Å². The number of hydrogen-bond acceptors (Lipinski definition) is 2. The Hall–Kier alpha value is -0.830. The third kappa shape index (κ3) is 1.10. The largest absolute Gasteiger partial charge is 0.330 e. The SMILES string of the molecule is Cn1nccc1C1C(CN)C1(C)C. The van der Waals surface area contributed by atoms with Crippen molar-refractivity contribution in [2.45, 2.75) is 19.8 Å². The van der Waals surface area contributed by atoms with Gasteiger partial charge in [-0.1, -0.05) is 13.8 Å². The quantitative estimate of drug-likeness (QED) is 0.739. The van der Waals surface area contributed by atoms with Gasteiger partial charge in [0.25, 0.3) is 0 Å². The summed E-state index contributed by atoms with van der Waals surface area (Å²) < 4.78 is 1.96. The lowest BCUT2D eigenvalue weighted by Crippen LogP contribution is -2.05. The van der Waals surface area contributed by atoms with E-state index in [0.717, 1.165) is 6.54 Å². The summed E-state index contributed by atoms with van der Waals surface area (Å²) in [4.78, 5) is 0. The molecular weight excluding hydrogens is 162 g/mol. The summed E-state index contributed by atoms with van der Waals surface area (Å²) in [6, 6.07) is 2.10. The molecule has 1 aliphatic carbocycles. The highest BCUT2D eigenvalue weighted by atomic mass is 15.3. The van der Waals surface area contributed by atoms with Crippen LogP contribution in [0.3, 0.4) is 0 Å². The fourth-order valence-electron chi connectivity index (χ4n) is 2.46. The van der Waals surface area contributed by atoms with Crippen molar-refractivity contribution in [3.05, 3.63) is 18.0 Å². The molecule has 0 aromatic carbocycles. The zero-order chi connectivity index (χ0) is 9.64. The second kappa shape index (κ2) is 2.58. The van der Waals surface area contributed by atoms with E-state index in [1.54, 1.807) is 0 Å². The summed E-state index contributed by atoms with van der Waals surface area (Å²) >= 11 is 0. The van der Waals surface area contributed by atoms with Gasteiger partial charge in [0.1, 0.15) is 0 Å². The van der Waals surface area contributed by atoms with Crippen LogP contribution >= 0.6 is 0 Å². The average molecular weight is 179 g/mol. The minimum absolute atomic E-state index is 0.364. The molecule has 2 atom stereocenters. The molecule has 1 heterocycles. The zero-order valence-electron chi connectivity index (χ0n) is 8.49. The summed E-state index contributed by atoms with van der Waals surface area (Å²) in [6.45, 7) is 5.34. The Morgan fingerprint density at radius 3 is 2.69 bits per heavy atom. The van der Waals surface area contributed by atoms with Gasteiger partial charge in [-0.3, -0.25) is 4.68 Å². The van der Waals surface area contributed by atoms with Crippen molar-refractivity contribution in [3.8, 4) is 0 Å².